The van der Waals surface area contributed by atoms with Crippen LogP contribution in [0.1, 0.15) is 30.5 Å². The third kappa shape index (κ3) is 3.91. The number of urea groups is 1. The lowest BCUT2D eigenvalue weighted by atomic mass is 9.75. The molecule has 0 radical (unpaired) electrons. The highest BCUT2D eigenvalue weighted by Gasteiger charge is 2.57. The van der Waals surface area contributed by atoms with Gasteiger partial charge in [-0.05, 0) is 37.0 Å². The highest BCUT2D eigenvalue weighted by atomic mass is 16.5. The van der Waals surface area contributed by atoms with Crippen LogP contribution >= 0.6 is 0 Å². The summed E-state index contributed by atoms with van der Waals surface area (Å²) in [5, 5.41) is 0. The maximum Gasteiger partial charge on any atom is 0.332 e. The molecule has 4 heterocycles. The normalized spacial score (nSPS) is 23.6. The summed E-state index contributed by atoms with van der Waals surface area (Å²) in [6, 6.07) is 12.2. The lowest BCUT2D eigenvalue weighted by Crippen LogP contribution is -2.67. The van der Waals surface area contributed by atoms with E-state index < -0.39 is 23.3 Å². The van der Waals surface area contributed by atoms with Crippen molar-refractivity contribution >= 4 is 17.8 Å². The van der Waals surface area contributed by atoms with Gasteiger partial charge in [0.1, 0.15) is 11.2 Å². The number of piperidine rings is 1. The number of rotatable bonds is 6. The predicted molar refractivity (Wildman–Crippen MR) is 133 cm³/mol. The molecule has 0 N–H and O–H groups in total. The van der Waals surface area contributed by atoms with E-state index in [9.17, 15) is 19.2 Å². The largest absolute Gasteiger partial charge is 0.494 e. The maximum atomic E-state index is 13.8. The Hall–Kier alpha value is -3.46. The molecule has 2 bridgehead atoms. The molecule has 0 spiro atoms. The van der Waals surface area contributed by atoms with Gasteiger partial charge in [-0.1, -0.05) is 24.3 Å². The van der Waals surface area contributed by atoms with Crippen molar-refractivity contribution in [2.24, 2.45) is 11.3 Å². The fourth-order valence-corrected chi connectivity index (χ4v) is 6.25. The summed E-state index contributed by atoms with van der Waals surface area (Å²) in [6.07, 6.45) is 1.10. The molecule has 190 valence electrons. The molecule has 2 saturated heterocycles. The second-order valence-corrected chi connectivity index (χ2v) is 10.2. The number of carbonyl (C=O) groups excluding carboxylic acids is 3. The first-order valence-electron chi connectivity index (χ1n) is 12.5. The van der Waals surface area contributed by atoms with Crippen molar-refractivity contribution in [1.29, 1.82) is 0 Å². The van der Waals surface area contributed by atoms with E-state index in [4.69, 9.17) is 4.74 Å². The third-order valence-electron chi connectivity index (χ3n) is 7.82. The van der Waals surface area contributed by atoms with Crippen molar-refractivity contribution in [2.45, 2.75) is 32.2 Å². The number of nitrogens with zero attached hydrogens (tertiary/aromatic N) is 4. The van der Waals surface area contributed by atoms with Crippen LogP contribution in [-0.4, -0.2) is 77.4 Å². The Morgan fingerprint density at radius 1 is 0.917 bits per heavy atom. The number of pyridine rings is 1. The van der Waals surface area contributed by atoms with Crippen molar-refractivity contribution in [3.8, 4) is 5.75 Å². The van der Waals surface area contributed by atoms with Crippen LogP contribution in [0.5, 0.6) is 5.75 Å². The van der Waals surface area contributed by atoms with Gasteiger partial charge in [-0.2, -0.15) is 0 Å². The number of para-hydroxylation sites is 1. The van der Waals surface area contributed by atoms with Crippen LogP contribution in [-0.2, 0) is 22.6 Å². The molecule has 3 aliphatic rings. The molecule has 2 fully saturated rings. The molecule has 4 amide bonds. The molecule has 9 heteroatoms. The Bertz CT molecular complexity index is 1250. The van der Waals surface area contributed by atoms with Gasteiger partial charge in [-0.3, -0.25) is 24.2 Å². The van der Waals surface area contributed by atoms with E-state index in [0.29, 0.717) is 32.0 Å². The number of carbonyl (C=O) groups is 3. The van der Waals surface area contributed by atoms with Crippen LogP contribution in [0, 0.1) is 11.3 Å². The van der Waals surface area contributed by atoms with E-state index >= 15 is 0 Å². The molecule has 2 aromatic rings. The SMILES string of the molecule is CCOc1ccccc1CC1(CN2CC3C[C@H](C2)c2cccc(=O)n2C3)C(=O)N(C)C(=O)N(C)C1=O. The molecule has 3 aliphatic heterocycles. The van der Waals surface area contributed by atoms with E-state index in [2.05, 4.69) is 4.90 Å². The Morgan fingerprint density at radius 2 is 1.64 bits per heavy atom. The standard InChI is InChI=1S/C27H32N4O5/c1-4-36-22-10-6-5-8-19(22)13-27(24(33)28(2)26(35)29(3)25(27)34)17-30-14-18-12-20(16-30)21-9-7-11-23(32)31(21)15-18/h5-11,18,20H,4,12-17H2,1-3H3/t18?,20-/m1/s1. The van der Waals surface area contributed by atoms with E-state index in [0.717, 1.165) is 27.5 Å². The Kier molecular flexibility index (Phi) is 6.20. The van der Waals surface area contributed by atoms with Crippen LogP contribution in [0.15, 0.2) is 47.3 Å². The summed E-state index contributed by atoms with van der Waals surface area (Å²) >= 11 is 0. The van der Waals surface area contributed by atoms with Gasteiger partial charge in [0.15, 0.2) is 0 Å². The predicted octanol–water partition coefficient (Wildman–Crippen LogP) is 1.95. The van der Waals surface area contributed by atoms with Gasteiger partial charge in [-0.25, -0.2) is 4.79 Å². The summed E-state index contributed by atoms with van der Waals surface area (Å²) in [6.45, 7) is 4.47. The van der Waals surface area contributed by atoms with Crippen molar-refractivity contribution < 1.29 is 19.1 Å². The summed E-state index contributed by atoms with van der Waals surface area (Å²) in [5.41, 5.74) is 0.308. The number of imide groups is 2. The number of barbiturate groups is 1. The number of likely N-dealkylation sites (tertiary alicyclic amines) is 1. The Labute approximate surface area is 210 Å². The highest BCUT2D eigenvalue weighted by Crippen LogP contribution is 2.40. The third-order valence-corrected chi connectivity index (χ3v) is 7.82. The number of hydrogen-bond acceptors (Lipinski definition) is 6. The second-order valence-electron chi connectivity index (χ2n) is 10.2. The summed E-state index contributed by atoms with van der Waals surface area (Å²) in [7, 11) is 2.87. The first kappa shape index (κ1) is 24.2. The molecule has 0 aliphatic carbocycles. The average molecular weight is 493 g/mol. The minimum absolute atomic E-state index is 0.0130. The van der Waals surface area contributed by atoms with Gasteiger partial charge in [-0.15, -0.1) is 0 Å². The topological polar surface area (TPSA) is 92.2 Å². The number of benzene rings is 1. The van der Waals surface area contributed by atoms with Crippen molar-refractivity contribution in [3.05, 3.63) is 64.1 Å². The van der Waals surface area contributed by atoms with Gasteiger partial charge < -0.3 is 14.2 Å². The fourth-order valence-electron chi connectivity index (χ4n) is 6.25. The summed E-state index contributed by atoms with van der Waals surface area (Å²) in [4.78, 5) is 56.9. The molecule has 1 aromatic heterocycles. The zero-order chi connectivity index (χ0) is 25.6. The molecular weight excluding hydrogens is 460 g/mol. The van der Waals surface area contributed by atoms with E-state index in [-0.39, 0.29) is 30.4 Å². The van der Waals surface area contributed by atoms with Crippen molar-refractivity contribution in [2.75, 3.05) is 40.3 Å². The maximum absolute atomic E-state index is 13.8. The number of aromatic nitrogens is 1. The zero-order valence-electron chi connectivity index (χ0n) is 21.0. The van der Waals surface area contributed by atoms with Crippen LogP contribution in [0.25, 0.3) is 0 Å². The minimum atomic E-state index is -1.47. The first-order valence-corrected chi connectivity index (χ1v) is 12.5. The first-order chi connectivity index (χ1) is 17.2. The van der Waals surface area contributed by atoms with Crippen LogP contribution in [0.2, 0.25) is 0 Å². The van der Waals surface area contributed by atoms with E-state index in [1.165, 1.54) is 14.1 Å². The highest BCUT2D eigenvalue weighted by molar-refractivity contribution is 6.19. The van der Waals surface area contributed by atoms with Gasteiger partial charge in [0, 0.05) is 64.4 Å². The number of amides is 4. The van der Waals surface area contributed by atoms with Gasteiger partial charge in [0.05, 0.1) is 6.61 Å². The molecule has 9 nitrogen and oxygen atoms in total. The minimum Gasteiger partial charge on any atom is -0.494 e. The quantitative estimate of drug-likeness (QED) is 0.573. The van der Waals surface area contributed by atoms with E-state index in [1.54, 1.807) is 12.1 Å². The van der Waals surface area contributed by atoms with Crippen LogP contribution in [0.3, 0.4) is 0 Å². The Morgan fingerprint density at radius 3 is 2.36 bits per heavy atom. The number of fused-ring (bicyclic) bond motifs is 4. The average Bonchev–Trinajstić information content (AvgIpc) is 2.87. The smallest absolute Gasteiger partial charge is 0.332 e. The molecule has 36 heavy (non-hydrogen) atoms. The zero-order valence-corrected chi connectivity index (χ0v) is 21.0. The lowest BCUT2D eigenvalue weighted by molar-refractivity contribution is -0.159. The molecule has 1 aromatic carbocycles. The second kappa shape index (κ2) is 9.20. The summed E-state index contributed by atoms with van der Waals surface area (Å²) in [5.74, 6) is 0.0366. The van der Waals surface area contributed by atoms with E-state index in [1.807, 2.05) is 41.8 Å². The number of ether oxygens (including phenoxy) is 1. The van der Waals surface area contributed by atoms with Gasteiger partial charge in [0.25, 0.3) is 5.56 Å². The summed E-state index contributed by atoms with van der Waals surface area (Å²) < 4.78 is 7.67. The fraction of sp³-hybridized carbons (Fsp3) is 0.481. The van der Waals surface area contributed by atoms with Gasteiger partial charge >= 0.3 is 6.03 Å². The van der Waals surface area contributed by atoms with Crippen LogP contribution in [0.4, 0.5) is 4.79 Å². The Balaban J connectivity index is 1.52. The van der Waals surface area contributed by atoms with Gasteiger partial charge in [0.2, 0.25) is 11.8 Å². The molecule has 1 unspecified atom stereocenters. The molecular formula is C27H32N4O5. The van der Waals surface area contributed by atoms with Crippen molar-refractivity contribution in [1.82, 2.24) is 19.3 Å². The van der Waals surface area contributed by atoms with Crippen molar-refractivity contribution in [3.63, 3.8) is 0 Å². The monoisotopic (exact) mass is 492 g/mol. The number of hydrogen-bond donors (Lipinski definition) is 0. The molecule has 5 rings (SSSR count). The lowest BCUT2D eigenvalue weighted by Gasteiger charge is -2.48. The molecule has 0 saturated carbocycles. The van der Waals surface area contributed by atoms with Crippen LogP contribution < -0.4 is 10.3 Å². The molecule has 2 atom stereocenters.